The maximum Gasteiger partial charge on any atom is 0.0657 e. The molecule has 3 unspecified atom stereocenters. The molecular weight excluding hydrogens is 240 g/mol. The van der Waals surface area contributed by atoms with E-state index in [-0.39, 0.29) is 5.41 Å². The quantitative estimate of drug-likeness (QED) is 0.723. The van der Waals surface area contributed by atoms with E-state index in [1.54, 1.807) is 11.3 Å². The van der Waals surface area contributed by atoms with Crippen molar-refractivity contribution in [1.82, 2.24) is 0 Å². The van der Waals surface area contributed by atoms with Crippen LogP contribution in [0.2, 0.25) is 0 Å². The molecule has 0 spiro atoms. The molecule has 0 aromatic carbocycles. The first-order valence-corrected chi connectivity index (χ1v) is 7.26. The van der Waals surface area contributed by atoms with E-state index in [2.05, 4.69) is 31.4 Å². The Bertz CT molecular complexity index is 325. The van der Waals surface area contributed by atoms with Crippen molar-refractivity contribution in [3.8, 4) is 0 Å². The van der Waals surface area contributed by atoms with Gasteiger partial charge < -0.3 is 4.74 Å². The summed E-state index contributed by atoms with van der Waals surface area (Å²) >= 11 is 8.05. The zero-order chi connectivity index (χ0) is 11.6. The summed E-state index contributed by atoms with van der Waals surface area (Å²) in [5.74, 6) is 0. The molecule has 0 aliphatic heterocycles. The monoisotopic (exact) mass is 258 g/mol. The third kappa shape index (κ3) is 2.29. The summed E-state index contributed by atoms with van der Waals surface area (Å²) in [5.41, 5.74) is 0.191. The van der Waals surface area contributed by atoms with Gasteiger partial charge in [-0.15, -0.1) is 22.9 Å². The third-order valence-corrected chi connectivity index (χ3v) is 5.49. The Kier molecular flexibility index (Phi) is 3.93. The second kappa shape index (κ2) is 5.07. The molecule has 1 aromatic rings. The van der Waals surface area contributed by atoms with E-state index in [4.69, 9.17) is 16.3 Å². The van der Waals surface area contributed by atoms with Crippen LogP contribution in [0, 0.1) is 5.41 Å². The lowest BCUT2D eigenvalue weighted by atomic mass is 9.65. The highest BCUT2D eigenvalue weighted by Crippen LogP contribution is 2.49. The SMILES string of the molecule is CCC1(C)C(Cl)CC1OCCc1cccs1. The Morgan fingerprint density at radius 3 is 3.00 bits per heavy atom. The predicted octanol–water partition coefficient (Wildman–Crippen LogP) is 4.10. The Morgan fingerprint density at radius 2 is 2.44 bits per heavy atom. The second-order valence-corrected chi connectivity index (χ2v) is 6.31. The molecule has 2 rings (SSSR count). The van der Waals surface area contributed by atoms with Crippen LogP contribution in [-0.4, -0.2) is 18.1 Å². The number of hydrogen-bond acceptors (Lipinski definition) is 2. The molecule has 0 radical (unpaired) electrons. The van der Waals surface area contributed by atoms with Gasteiger partial charge in [0.15, 0.2) is 0 Å². The lowest BCUT2D eigenvalue weighted by Crippen LogP contribution is -2.53. The Labute approximate surface area is 107 Å². The summed E-state index contributed by atoms with van der Waals surface area (Å²) in [4.78, 5) is 1.40. The largest absolute Gasteiger partial charge is 0.377 e. The molecule has 1 aliphatic rings. The van der Waals surface area contributed by atoms with Crippen LogP contribution in [-0.2, 0) is 11.2 Å². The molecule has 90 valence electrons. The van der Waals surface area contributed by atoms with E-state index in [0.717, 1.165) is 25.9 Å². The maximum atomic E-state index is 6.25. The summed E-state index contributed by atoms with van der Waals surface area (Å²) in [6.45, 7) is 5.26. The van der Waals surface area contributed by atoms with Crippen LogP contribution < -0.4 is 0 Å². The zero-order valence-electron chi connectivity index (χ0n) is 9.91. The smallest absolute Gasteiger partial charge is 0.0657 e. The highest BCUT2D eigenvalue weighted by Gasteiger charge is 2.50. The summed E-state index contributed by atoms with van der Waals surface area (Å²) < 4.78 is 5.95. The van der Waals surface area contributed by atoms with E-state index in [1.165, 1.54) is 4.88 Å². The number of alkyl halides is 1. The van der Waals surface area contributed by atoms with Gasteiger partial charge in [-0.1, -0.05) is 19.9 Å². The normalized spacial score (nSPS) is 33.7. The van der Waals surface area contributed by atoms with Crippen molar-refractivity contribution in [2.24, 2.45) is 5.41 Å². The van der Waals surface area contributed by atoms with E-state index >= 15 is 0 Å². The minimum atomic E-state index is 0.191. The predicted molar refractivity (Wildman–Crippen MR) is 70.4 cm³/mol. The fraction of sp³-hybridized carbons (Fsp3) is 0.692. The summed E-state index contributed by atoms with van der Waals surface area (Å²) in [5, 5.41) is 2.41. The molecule has 0 amide bonds. The molecule has 3 atom stereocenters. The summed E-state index contributed by atoms with van der Waals surface area (Å²) in [7, 11) is 0. The van der Waals surface area contributed by atoms with Gasteiger partial charge >= 0.3 is 0 Å². The van der Waals surface area contributed by atoms with E-state index < -0.39 is 0 Å². The van der Waals surface area contributed by atoms with E-state index in [0.29, 0.717) is 11.5 Å². The summed E-state index contributed by atoms with van der Waals surface area (Å²) in [6.07, 6.45) is 3.50. The van der Waals surface area contributed by atoms with Crippen LogP contribution >= 0.6 is 22.9 Å². The number of rotatable bonds is 5. The fourth-order valence-electron chi connectivity index (χ4n) is 2.23. The Hall–Kier alpha value is -0.0500. The van der Waals surface area contributed by atoms with Crippen molar-refractivity contribution in [3.63, 3.8) is 0 Å². The molecule has 3 heteroatoms. The lowest BCUT2D eigenvalue weighted by Gasteiger charge is -2.50. The maximum absolute atomic E-state index is 6.25. The molecule has 1 heterocycles. The molecule has 16 heavy (non-hydrogen) atoms. The van der Waals surface area contributed by atoms with Gasteiger partial charge in [0.25, 0.3) is 0 Å². The van der Waals surface area contributed by atoms with Gasteiger partial charge in [-0.2, -0.15) is 0 Å². The van der Waals surface area contributed by atoms with Crippen molar-refractivity contribution in [3.05, 3.63) is 22.4 Å². The van der Waals surface area contributed by atoms with Crippen LogP contribution in [0.4, 0.5) is 0 Å². The minimum absolute atomic E-state index is 0.191. The van der Waals surface area contributed by atoms with Gasteiger partial charge in [0.1, 0.15) is 0 Å². The van der Waals surface area contributed by atoms with Gasteiger partial charge in [-0.05, 0) is 24.3 Å². The van der Waals surface area contributed by atoms with E-state index in [1.807, 2.05) is 0 Å². The van der Waals surface area contributed by atoms with Crippen molar-refractivity contribution >= 4 is 22.9 Å². The molecule has 0 saturated heterocycles. The van der Waals surface area contributed by atoms with Gasteiger partial charge in [-0.25, -0.2) is 0 Å². The molecule has 1 aliphatic carbocycles. The molecule has 0 N–H and O–H groups in total. The third-order valence-electron chi connectivity index (χ3n) is 3.88. The van der Waals surface area contributed by atoms with Gasteiger partial charge in [-0.3, -0.25) is 0 Å². The van der Waals surface area contributed by atoms with E-state index in [9.17, 15) is 0 Å². The van der Waals surface area contributed by atoms with Crippen LogP contribution in [0.15, 0.2) is 17.5 Å². The lowest BCUT2D eigenvalue weighted by molar-refractivity contribution is -0.0986. The van der Waals surface area contributed by atoms with Crippen molar-refractivity contribution in [2.75, 3.05) is 6.61 Å². The van der Waals surface area contributed by atoms with Gasteiger partial charge in [0.2, 0.25) is 0 Å². The van der Waals surface area contributed by atoms with Crippen molar-refractivity contribution in [1.29, 1.82) is 0 Å². The molecule has 1 fully saturated rings. The van der Waals surface area contributed by atoms with Crippen LogP contribution in [0.25, 0.3) is 0 Å². The Balaban J connectivity index is 1.75. The zero-order valence-corrected chi connectivity index (χ0v) is 11.5. The summed E-state index contributed by atoms with van der Waals surface area (Å²) in [6, 6.07) is 4.26. The highest BCUT2D eigenvalue weighted by molar-refractivity contribution is 7.09. The first kappa shape index (κ1) is 12.4. The van der Waals surface area contributed by atoms with Crippen LogP contribution in [0.1, 0.15) is 31.6 Å². The minimum Gasteiger partial charge on any atom is -0.377 e. The molecule has 1 aromatic heterocycles. The van der Waals surface area contributed by atoms with Crippen molar-refractivity contribution < 1.29 is 4.74 Å². The molecular formula is C13H19ClOS. The van der Waals surface area contributed by atoms with Gasteiger partial charge in [0, 0.05) is 22.1 Å². The van der Waals surface area contributed by atoms with Crippen LogP contribution in [0.5, 0.6) is 0 Å². The first-order valence-electron chi connectivity index (χ1n) is 5.95. The average Bonchev–Trinajstić information content (AvgIpc) is 2.80. The second-order valence-electron chi connectivity index (χ2n) is 4.75. The number of halogens is 1. The standard InChI is InChI=1S/C13H19ClOS/c1-3-13(2)11(14)9-12(13)15-7-6-10-5-4-8-16-10/h4-5,8,11-12H,3,6-7,9H2,1-2H3. The fourth-order valence-corrected chi connectivity index (χ4v) is 3.38. The number of thiophene rings is 1. The van der Waals surface area contributed by atoms with Crippen LogP contribution in [0.3, 0.4) is 0 Å². The van der Waals surface area contributed by atoms with Crippen molar-refractivity contribution in [2.45, 2.75) is 44.6 Å². The molecule has 1 nitrogen and oxygen atoms in total. The average molecular weight is 259 g/mol. The van der Waals surface area contributed by atoms with Gasteiger partial charge in [0.05, 0.1) is 12.7 Å². The topological polar surface area (TPSA) is 9.23 Å². The first-order chi connectivity index (χ1) is 7.66. The highest BCUT2D eigenvalue weighted by atomic mass is 35.5. The molecule has 0 bridgehead atoms. The molecule has 1 saturated carbocycles. The number of ether oxygens (including phenoxy) is 1. The number of hydrogen-bond donors (Lipinski definition) is 0. The Morgan fingerprint density at radius 1 is 1.62 bits per heavy atom.